The van der Waals surface area contributed by atoms with Gasteiger partial charge in [0.1, 0.15) is 5.75 Å². The molecule has 1 N–H and O–H groups in total. The first-order valence-corrected chi connectivity index (χ1v) is 3.68. The standard InChI is InChI=1S/C9H7NO4/c1-14-9(13)7-4-6(12)2-3-8(7)10-5-11/h2-4,12H,1H3. The zero-order chi connectivity index (χ0) is 10.6. The van der Waals surface area contributed by atoms with E-state index < -0.39 is 5.97 Å². The predicted molar refractivity (Wildman–Crippen MR) is 47.2 cm³/mol. The zero-order valence-corrected chi connectivity index (χ0v) is 7.35. The summed E-state index contributed by atoms with van der Waals surface area (Å²) in [4.78, 5) is 24.5. The maximum absolute atomic E-state index is 11.1. The fourth-order valence-electron chi connectivity index (χ4n) is 0.944. The highest BCUT2D eigenvalue weighted by Gasteiger charge is 2.11. The van der Waals surface area contributed by atoms with E-state index in [9.17, 15) is 9.59 Å². The van der Waals surface area contributed by atoms with E-state index in [2.05, 4.69) is 9.73 Å². The van der Waals surface area contributed by atoms with Crippen molar-refractivity contribution in [2.45, 2.75) is 0 Å². The van der Waals surface area contributed by atoms with Crippen LogP contribution >= 0.6 is 0 Å². The van der Waals surface area contributed by atoms with Gasteiger partial charge in [0.05, 0.1) is 18.4 Å². The number of esters is 1. The molecule has 0 amide bonds. The smallest absolute Gasteiger partial charge is 0.340 e. The van der Waals surface area contributed by atoms with Crippen molar-refractivity contribution in [3.63, 3.8) is 0 Å². The van der Waals surface area contributed by atoms with E-state index in [-0.39, 0.29) is 17.0 Å². The molecule has 0 aromatic heterocycles. The van der Waals surface area contributed by atoms with Crippen molar-refractivity contribution >= 4 is 17.7 Å². The Balaban J connectivity index is 3.28. The molecule has 0 radical (unpaired) electrons. The molecule has 5 nitrogen and oxygen atoms in total. The Hall–Kier alpha value is -2.13. The third-order valence-corrected chi connectivity index (χ3v) is 1.55. The third-order valence-electron chi connectivity index (χ3n) is 1.55. The maximum Gasteiger partial charge on any atom is 0.340 e. The minimum absolute atomic E-state index is 0.0239. The van der Waals surface area contributed by atoms with Gasteiger partial charge in [-0.1, -0.05) is 0 Å². The van der Waals surface area contributed by atoms with Crippen LogP contribution < -0.4 is 0 Å². The Bertz CT molecular complexity index is 407. The minimum Gasteiger partial charge on any atom is -0.508 e. The Morgan fingerprint density at radius 3 is 2.86 bits per heavy atom. The van der Waals surface area contributed by atoms with Crippen LogP contribution in [0.3, 0.4) is 0 Å². The normalized spacial score (nSPS) is 8.93. The predicted octanol–water partition coefficient (Wildman–Crippen LogP) is 1.15. The van der Waals surface area contributed by atoms with Crippen LogP contribution in [0.25, 0.3) is 0 Å². The minimum atomic E-state index is -0.671. The Morgan fingerprint density at radius 1 is 1.57 bits per heavy atom. The number of ether oxygens (including phenoxy) is 1. The number of isocyanates is 1. The van der Waals surface area contributed by atoms with Gasteiger partial charge in [0.15, 0.2) is 0 Å². The van der Waals surface area contributed by atoms with E-state index in [0.29, 0.717) is 0 Å². The Labute approximate surface area is 79.7 Å². The molecule has 1 rings (SSSR count). The molecule has 0 heterocycles. The Morgan fingerprint density at radius 2 is 2.29 bits per heavy atom. The van der Waals surface area contributed by atoms with Gasteiger partial charge >= 0.3 is 5.97 Å². The van der Waals surface area contributed by atoms with Crippen LogP contribution in [0.5, 0.6) is 5.75 Å². The number of aromatic hydroxyl groups is 1. The van der Waals surface area contributed by atoms with Crippen molar-refractivity contribution in [2.75, 3.05) is 7.11 Å². The summed E-state index contributed by atoms with van der Waals surface area (Å²) in [7, 11) is 1.20. The van der Waals surface area contributed by atoms with Gasteiger partial charge in [-0.3, -0.25) is 0 Å². The first-order chi connectivity index (χ1) is 6.69. The zero-order valence-electron chi connectivity index (χ0n) is 7.35. The van der Waals surface area contributed by atoms with E-state index in [0.717, 1.165) is 0 Å². The molecular weight excluding hydrogens is 186 g/mol. The number of nitrogens with zero attached hydrogens (tertiary/aromatic N) is 1. The highest BCUT2D eigenvalue weighted by Crippen LogP contribution is 2.23. The average Bonchev–Trinajstić information content (AvgIpc) is 2.20. The van der Waals surface area contributed by atoms with Crippen molar-refractivity contribution in [1.82, 2.24) is 0 Å². The van der Waals surface area contributed by atoms with Crippen LogP contribution in [0.2, 0.25) is 0 Å². The molecule has 0 saturated heterocycles. The fraction of sp³-hybridized carbons (Fsp3) is 0.111. The van der Waals surface area contributed by atoms with Crippen LogP contribution in [0, 0.1) is 0 Å². The fourth-order valence-corrected chi connectivity index (χ4v) is 0.944. The van der Waals surface area contributed by atoms with Gasteiger partial charge in [0.25, 0.3) is 0 Å². The summed E-state index contributed by atoms with van der Waals surface area (Å²) >= 11 is 0. The summed E-state index contributed by atoms with van der Waals surface area (Å²) in [6.45, 7) is 0. The molecule has 5 heteroatoms. The van der Waals surface area contributed by atoms with Crippen LogP contribution in [-0.2, 0) is 9.53 Å². The third kappa shape index (κ3) is 1.97. The lowest BCUT2D eigenvalue weighted by atomic mass is 10.2. The van der Waals surface area contributed by atoms with Gasteiger partial charge in [-0.05, 0) is 18.2 Å². The first kappa shape index (κ1) is 9.95. The first-order valence-electron chi connectivity index (χ1n) is 3.68. The highest BCUT2D eigenvalue weighted by atomic mass is 16.5. The summed E-state index contributed by atoms with van der Waals surface area (Å²) in [6.07, 6.45) is 1.31. The van der Waals surface area contributed by atoms with Gasteiger partial charge in [-0.2, -0.15) is 4.99 Å². The molecule has 0 aliphatic rings. The molecule has 0 unspecified atom stereocenters. The number of phenols is 1. The molecule has 14 heavy (non-hydrogen) atoms. The molecule has 0 spiro atoms. The molecule has 72 valence electrons. The number of phenolic OH excluding ortho intramolecular Hbond substituents is 1. The number of rotatable bonds is 2. The molecular formula is C9H7NO4. The number of methoxy groups -OCH3 is 1. The molecule has 0 fully saturated rings. The lowest BCUT2D eigenvalue weighted by Crippen LogP contribution is -2.01. The summed E-state index contributed by atoms with van der Waals surface area (Å²) in [5.41, 5.74) is 0.139. The van der Waals surface area contributed by atoms with Crippen LogP contribution in [0.4, 0.5) is 5.69 Å². The molecule has 0 saturated carbocycles. The van der Waals surface area contributed by atoms with E-state index >= 15 is 0 Å². The van der Waals surface area contributed by atoms with Crippen molar-refractivity contribution in [1.29, 1.82) is 0 Å². The quantitative estimate of drug-likeness (QED) is 0.434. The number of carbonyl (C=O) groups excluding carboxylic acids is 2. The van der Waals surface area contributed by atoms with E-state index in [4.69, 9.17) is 5.11 Å². The molecule has 0 aliphatic heterocycles. The van der Waals surface area contributed by atoms with Crippen molar-refractivity contribution in [3.05, 3.63) is 23.8 Å². The maximum atomic E-state index is 11.1. The van der Waals surface area contributed by atoms with Gasteiger partial charge in [0.2, 0.25) is 6.08 Å². The molecule has 1 aromatic rings. The molecule has 0 aliphatic carbocycles. The second kappa shape index (κ2) is 4.20. The van der Waals surface area contributed by atoms with E-state index in [1.54, 1.807) is 0 Å². The largest absolute Gasteiger partial charge is 0.508 e. The van der Waals surface area contributed by atoms with Crippen molar-refractivity contribution in [2.24, 2.45) is 4.99 Å². The highest BCUT2D eigenvalue weighted by molar-refractivity contribution is 5.95. The Kier molecular flexibility index (Phi) is 2.99. The summed E-state index contributed by atoms with van der Waals surface area (Å²) < 4.78 is 4.44. The van der Waals surface area contributed by atoms with Gasteiger partial charge in [-0.25, -0.2) is 9.59 Å². The summed E-state index contributed by atoms with van der Waals surface area (Å²) in [6, 6.07) is 3.80. The van der Waals surface area contributed by atoms with E-state index in [1.807, 2.05) is 0 Å². The van der Waals surface area contributed by atoms with Crippen molar-refractivity contribution < 1.29 is 19.4 Å². The van der Waals surface area contributed by atoms with Crippen LogP contribution in [0.15, 0.2) is 23.2 Å². The summed E-state index contributed by atoms with van der Waals surface area (Å²) in [5, 5.41) is 9.10. The van der Waals surface area contributed by atoms with Gasteiger partial charge in [0, 0.05) is 0 Å². The lowest BCUT2D eigenvalue weighted by molar-refractivity contribution is 0.0601. The number of aliphatic imine (C=N–C) groups is 1. The van der Waals surface area contributed by atoms with Crippen LogP contribution in [-0.4, -0.2) is 24.3 Å². The van der Waals surface area contributed by atoms with Crippen LogP contribution in [0.1, 0.15) is 10.4 Å². The lowest BCUT2D eigenvalue weighted by Gasteiger charge is -2.02. The van der Waals surface area contributed by atoms with Crippen molar-refractivity contribution in [3.8, 4) is 5.75 Å². The monoisotopic (exact) mass is 193 g/mol. The second-order valence-corrected chi connectivity index (χ2v) is 2.40. The topological polar surface area (TPSA) is 76.0 Å². The van der Waals surface area contributed by atoms with E-state index in [1.165, 1.54) is 31.4 Å². The number of carbonyl (C=O) groups is 1. The second-order valence-electron chi connectivity index (χ2n) is 2.40. The number of benzene rings is 1. The SMILES string of the molecule is COC(=O)c1cc(O)ccc1N=C=O. The number of hydrogen-bond acceptors (Lipinski definition) is 5. The number of hydrogen-bond donors (Lipinski definition) is 1. The molecule has 0 bridgehead atoms. The summed E-state index contributed by atoms with van der Waals surface area (Å²) in [5.74, 6) is -0.773. The van der Waals surface area contributed by atoms with Gasteiger partial charge < -0.3 is 9.84 Å². The molecule has 1 aromatic carbocycles. The van der Waals surface area contributed by atoms with Gasteiger partial charge in [-0.15, -0.1) is 0 Å². The molecule has 0 atom stereocenters. The average molecular weight is 193 g/mol.